The maximum Gasteiger partial charge on any atom is 0.323 e. The zero-order chi connectivity index (χ0) is 25.3. The van der Waals surface area contributed by atoms with Crippen molar-refractivity contribution in [1.29, 1.82) is 0 Å². The number of urea groups is 1. The van der Waals surface area contributed by atoms with Crippen molar-refractivity contribution in [1.82, 2.24) is 10.5 Å². The predicted molar refractivity (Wildman–Crippen MR) is 133 cm³/mol. The van der Waals surface area contributed by atoms with Gasteiger partial charge < -0.3 is 24.9 Å². The van der Waals surface area contributed by atoms with Crippen LogP contribution in [0.2, 0.25) is 0 Å². The van der Waals surface area contributed by atoms with Crippen molar-refractivity contribution < 1.29 is 28.3 Å². The number of benzene rings is 3. The summed E-state index contributed by atoms with van der Waals surface area (Å²) in [6, 6.07) is 18.3. The van der Waals surface area contributed by atoms with Gasteiger partial charge in [-0.25, -0.2) is 9.18 Å². The Morgan fingerprint density at radius 2 is 1.61 bits per heavy atom. The average molecular weight is 490 g/mol. The van der Waals surface area contributed by atoms with Gasteiger partial charge in [-0.3, -0.25) is 9.78 Å². The number of nitrogens with zero attached hydrogens (tertiary/aromatic N) is 1. The van der Waals surface area contributed by atoms with Gasteiger partial charge in [0.05, 0.1) is 17.7 Å². The number of fused-ring (bicyclic) bond motifs is 1. The van der Waals surface area contributed by atoms with Gasteiger partial charge in [0.2, 0.25) is 0 Å². The predicted octanol–water partition coefficient (Wildman–Crippen LogP) is 4.77. The van der Waals surface area contributed by atoms with E-state index in [1.165, 1.54) is 24.3 Å². The summed E-state index contributed by atoms with van der Waals surface area (Å²) in [5.74, 6) is -0.201. The van der Waals surface area contributed by atoms with Gasteiger partial charge >= 0.3 is 6.03 Å². The van der Waals surface area contributed by atoms with Gasteiger partial charge in [-0.1, -0.05) is 6.07 Å². The molecule has 4 aromatic rings. The highest BCUT2D eigenvalue weighted by Gasteiger charge is 2.16. The van der Waals surface area contributed by atoms with Crippen LogP contribution in [0.5, 0.6) is 11.5 Å². The first-order chi connectivity index (χ1) is 17.5. The van der Waals surface area contributed by atoms with Gasteiger partial charge in [0, 0.05) is 36.1 Å². The lowest BCUT2D eigenvalue weighted by atomic mass is 10.1. The summed E-state index contributed by atoms with van der Waals surface area (Å²) < 4.78 is 23.7. The molecule has 0 bridgehead atoms. The molecule has 0 atom stereocenters. The van der Waals surface area contributed by atoms with Crippen molar-refractivity contribution in [2.75, 3.05) is 31.0 Å². The number of hydroxylamine groups is 1. The largest absolute Gasteiger partial charge is 0.490 e. The van der Waals surface area contributed by atoms with Crippen molar-refractivity contribution in [3.63, 3.8) is 0 Å². The molecule has 0 aliphatic heterocycles. The van der Waals surface area contributed by atoms with Crippen LogP contribution in [0.4, 0.5) is 20.6 Å². The summed E-state index contributed by atoms with van der Waals surface area (Å²) in [7, 11) is 1.56. The second-order valence-corrected chi connectivity index (χ2v) is 7.53. The molecule has 0 fully saturated rings. The van der Waals surface area contributed by atoms with Crippen LogP contribution in [0.25, 0.3) is 10.9 Å². The molecular formula is C26H23FN4O5. The second-order valence-electron chi connectivity index (χ2n) is 7.53. The SMILES string of the molecule is COCCOc1cc2ncccc2cc1C(=O)NOc1ccc(NC(=O)Nc2ccc(F)cc2)cc1. The summed E-state index contributed by atoms with van der Waals surface area (Å²) in [5.41, 5.74) is 4.32. The number of amides is 3. The number of hydrogen-bond acceptors (Lipinski definition) is 6. The molecule has 0 aliphatic rings. The van der Waals surface area contributed by atoms with E-state index in [1.54, 1.807) is 55.8 Å². The first-order valence-electron chi connectivity index (χ1n) is 10.9. The first kappa shape index (κ1) is 24.4. The molecule has 10 heteroatoms. The molecule has 0 radical (unpaired) electrons. The molecule has 36 heavy (non-hydrogen) atoms. The number of ether oxygens (including phenoxy) is 2. The minimum atomic E-state index is -0.506. The van der Waals surface area contributed by atoms with Gasteiger partial charge in [0.15, 0.2) is 5.75 Å². The minimum Gasteiger partial charge on any atom is -0.490 e. The van der Waals surface area contributed by atoms with E-state index >= 15 is 0 Å². The van der Waals surface area contributed by atoms with Gasteiger partial charge in [-0.05, 0) is 60.7 Å². The Balaban J connectivity index is 1.37. The van der Waals surface area contributed by atoms with Crippen LogP contribution in [0.3, 0.4) is 0 Å². The maximum atomic E-state index is 13.0. The Morgan fingerprint density at radius 3 is 2.31 bits per heavy atom. The molecule has 3 N–H and O–H groups in total. The van der Waals surface area contributed by atoms with Crippen molar-refractivity contribution in [3.8, 4) is 11.5 Å². The number of halogens is 1. The number of anilines is 2. The van der Waals surface area contributed by atoms with Crippen LogP contribution in [0.15, 0.2) is 79.0 Å². The van der Waals surface area contributed by atoms with Gasteiger partial charge in [0.1, 0.15) is 18.2 Å². The van der Waals surface area contributed by atoms with E-state index in [4.69, 9.17) is 14.3 Å². The Hall–Kier alpha value is -4.70. The lowest BCUT2D eigenvalue weighted by Crippen LogP contribution is -2.27. The normalized spacial score (nSPS) is 10.5. The third kappa shape index (κ3) is 6.45. The van der Waals surface area contributed by atoms with E-state index in [9.17, 15) is 14.0 Å². The van der Waals surface area contributed by atoms with Crippen LogP contribution in [-0.2, 0) is 4.74 Å². The van der Waals surface area contributed by atoms with Gasteiger partial charge in [0.25, 0.3) is 5.91 Å². The summed E-state index contributed by atoms with van der Waals surface area (Å²) in [6.45, 7) is 0.624. The second kappa shape index (κ2) is 11.6. The van der Waals surface area contributed by atoms with Crippen LogP contribution in [0.1, 0.15) is 10.4 Å². The Kier molecular flexibility index (Phi) is 7.89. The summed E-state index contributed by atoms with van der Waals surface area (Å²) >= 11 is 0. The standard InChI is InChI=1S/C26H23FN4O5/c1-34-13-14-35-24-16-23-17(3-2-12-28-23)15-22(24)25(32)31-36-21-10-8-20(9-11-21)30-26(33)29-19-6-4-18(27)5-7-19/h2-12,15-16H,13-14H2,1H3,(H,31,32)(H2,29,30,33). The van der Waals surface area contributed by atoms with Crippen LogP contribution in [-0.4, -0.2) is 37.2 Å². The number of nitrogens with one attached hydrogen (secondary N) is 3. The van der Waals surface area contributed by atoms with E-state index in [2.05, 4.69) is 21.1 Å². The molecule has 0 aliphatic carbocycles. The smallest absolute Gasteiger partial charge is 0.323 e. The molecule has 4 rings (SSSR count). The number of carbonyl (C=O) groups is 2. The van der Waals surface area contributed by atoms with Crippen LogP contribution < -0.4 is 25.7 Å². The molecule has 184 valence electrons. The molecule has 0 unspecified atom stereocenters. The number of hydrogen-bond donors (Lipinski definition) is 3. The van der Waals surface area contributed by atoms with E-state index < -0.39 is 17.8 Å². The molecule has 3 aromatic carbocycles. The number of pyridine rings is 1. The van der Waals surface area contributed by atoms with Crippen molar-refractivity contribution in [3.05, 3.63) is 90.4 Å². The fourth-order valence-corrected chi connectivity index (χ4v) is 3.23. The first-order valence-corrected chi connectivity index (χ1v) is 10.9. The molecule has 1 aromatic heterocycles. The molecule has 0 saturated heterocycles. The Labute approximate surface area is 206 Å². The van der Waals surface area contributed by atoms with E-state index in [0.29, 0.717) is 35.0 Å². The van der Waals surface area contributed by atoms with Crippen LogP contribution >= 0.6 is 0 Å². The van der Waals surface area contributed by atoms with E-state index in [-0.39, 0.29) is 12.2 Å². The highest BCUT2D eigenvalue weighted by Crippen LogP contribution is 2.25. The lowest BCUT2D eigenvalue weighted by molar-refractivity contribution is 0.0753. The zero-order valence-electron chi connectivity index (χ0n) is 19.3. The van der Waals surface area contributed by atoms with Gasteiger partial charge in [-0.15, -0.1) is 0 Å². The number of aromatic nitrogens is 1. The molecule has 0 spiro atoms. The maximum absolute atomic E-state index is 13.0. The molecule has 1 heterocycles. The number of rotatable bonds is 9. The van der Waals surface area contributed by atoms with Gasteiger partial charge in [-0.2, -0.15) is 5.48 Å². The molecule has 3 amide bonds. The third-order valence-corrected chi connectivity index (χ3v) is 4.97. The highest BCUT2D eigenvalue weighted by atomic mass is 19.1. The number of methoxy groups -OCH3 is 1. The molecular weight excluding hydrogens is 467 g/mol. The van der Waals surface area contributed by atoms with Crippen molar-refractivity contribution in [2.45, 2.75) is 0 Å². The molecule has 0 saturated carbocycles. The summed E-state index contributed by atoms with van der Waals surface area (Å²) in [6.07, 6.45) is 1.66. The van der Waals surface area contributed by atoms with E-state index in [0.717, 1.165) is 5.39 Å². The van der Waals surface area contributed by atoms with Crippen molar-refractivity contribution in [2.24, 2.45) is 0 Å². The minimum absolute atomic E-state index is 0.263. The fourth-order valence-electron chi connectivity index (χ4n) is 3.23. The molecule has 9 nitrogen and oxygen atoms in total. The summed E-state index contributed by atoms with van der Waals surface area (Å²) in [5, 5.41) is 6.02. The average Bonchev–Trinajstić information content (AvgIpc) is 2.89. The highest BCUT2D eigenvalue weighted by molar-refractivity contribution is 6.01. The number of carbonyl (C=O) groups excluding carboxylic acids is 2. The topological polar surface area (TPSA) is 111 Å². The van der Waals surface area contributed by atoms with Crippen LogP contribution in [0, 0.1) is 5.82 Å². The zero-order valence-corrected chi connectivity index (χ0v) is 19.3. The van der Waals surface area contributed by atoms with E-state index in [1.807, 2.05) is 6.07 Å². The third-order valence-electron chi connectivity index (χ3n) is 4.97. The van der Waals surface area contributed by atoms with Crippen molar-refractivity contribution >= 4 is 34.2 Å². The summed E-state index contributed by atoms with van der Waals surface area (Å²) in [4.78, 5) is 34.7. The Morgan fingerprint density at radius 1 is 0.917 bits per heavy atom. The quantitative estimate of drug-likeness (QED) is 0.230. The fraction of sp³-hybridized carbons (Fsp3) is 0.115. The Bertz CT molecular complexity index is 1350. The lowest BCUT2D eigenvalue weighted by Gasteiger charge is -2.13. The monoisotopic (exact) mass is 490 g/mol.